The largest absolute Gasteiger partial charge is 0.486 e. The van der Waals surface area contributed by atoms with Gasteiger partial charge in [0.05, 0.1) is 23.7 Å². The summed E-state index contributed by atoms with van der Waals surface area (Å²) < 4.78 is 41.3. The molecule has 242 valence electrons. The quantitative estimate of drug-likeness (QED) is 0.250. The zero-order chi connectivity index (χ0) is 33.4. The number of pyridine rings is 1. The Hall–Kier alpha value is -6.04. The summed E-state index contributed by atoms with van der Waals surface area (Å²) in [5.41, 5.74) is 0.879. The number of H-pyrrole nitrogens is 1. The molecule has 0 saturated carbocycles. The normalized spacial score (nSPS) is 17.9. The first-order valence-corrected chi connectivity index (χ1v) is 15.2. The van der Waals surface area contributed by atoms with Crippen LogP contribution in [0.4, 0.5) is 8.78 Å². The van der Waals surface area contributed by atoms with Gasteiger partial charge >= 0.3 is 0 Å². The van der Waals surface area contributed by atoms with Crippen molar-refractivity contribution in [2.45, 2.75) is 18.7 Å². The summed E-state index contributed by atoms with van der Waals surface area (Å²) in [6.45, 7) is -0.0460. The van der Waals surface area contributed by atoms with E-state index in [-0.39, 0.29) is 54.2 Å². The molecule has 0 aliphatic carbocycles. The first-order valence-electron chi connectivity index (χ1n) is 15.2. The summed E-state index contributed by atoms with van der Waals surface area (Å²) >= 11 is 0. The van der Waals surface area contributed by atoms with Gasteiger partial charge in [-0.05, 0) is 65.2 Å². The van der Waals surface area contributed by atoms with Crippen LogP contribution in [0.2, 0.25) is 0 Å². The summed E-state index contributed by atoms with van der Waals surface area (Å²) in [7, 11) is 0. The van der Waals surface area contributed by atoms with E-state index in [1.165, 1.54) is 47.5 Å². The fourth-order valence-corrected chi connectivity index (χ4v) is 5.89. The molecule has 4 heterocycles. The van der Waals surface area contributed by atoms with Crippen molar-refractivity contribution in [2.24, 2.45) is 0 Å². The van der Waals surface area contributed by atoms with Gasteiger partial charge in [0.25, 0.3) is 17.7 Å². The van der Waals surface area contributed by atoms with Crippen LogP contribution < -0.4 is 25.5 Å². The Kier molecular flexibility index (Phi) is 8.05. The second kappa shape index (κ2) is 12.6. The zero-order valence-corrected chi connectivity index (χ0v) is 25.3. The number of likely N-dealkylation sites (tertiary alicyclic amines) is 1. The van der Waals surface area contributed by atoms with Gasteiger partial charge in [-0.2, -0.15) is 0 Å². The highest BCUT2D eigenvalue weighted by atomic mass is 19.1. The zero-order valence-electron chi connectivity index (χ0n) is 25.3. The van der Waals surface area contributed by atoms with Gasteiger partial charge in [-0.1, -0.05) is 36.4 Å². The number of benzene rings is 4. The number of hydrogen-bond donors (Lipinski definition) is 3. The molecule has 5 aromatic rings. The Morgan fingerprint density at radius 2 is 1.62 bits per heavy atom. The summed E-state index contributed by atoms with van der Waals surface area (Å²) in [5.74, 6) is -2.23. The van der Waals surface area contributed by atoms with Gasteiger partial charge in [0.2, 0.25) is 5.43 Å². The maximum atomic E-state index is 15.1. The highest BCUT2D eigenvalue weighted by molar-refractivity contribution is 5.98. The Morgan fingerprint density at radius 3 is 2.46 bits per heavy atom. The number of nitrogens with zero attached hydrogens (tertiary/aromatic N) is 1. The van der Waals surface area contributed by atoms with Crippen LogP contribution in [0, 0.1) is 11.6 Å². The molecule has 0 radical (unpaired) electrons. The molecule has 6 bridgehead atoms. The van der Waals surface area contributed by atoms with Crippen molar-refractivity contribution < 1.29 is 32.6 Å². The second-order valence-electron chi connectivity index (χ2n) is 11.6. The van der Waals surface area contributed by atoms with Gasteiger partial charge in [0.1, 0.15) is 34.8 Å². The van der Waals surface area contributed by atoms with Gasteiger partial charge in [-0.15, -0.1) is 0 Å². The Bertz CT molecular complexity index is 2130. The van der Waals surface area contributed by atoms with Crippen molar-refractivity contribution in [3.63, 3.8) is 0 Å². The summed E-state index contributed by atoms with van der Waals surface area (Å²) in [4.78, 5) is 57.1. The lowest BCUT2D eigenvalue weighted by molar-refractivity contribution is -0.123. The van der Waals surface area contributed by atoms with Crippen molar-refractivity contribution in [1.29, 1.82) is 0 Å². The molecule has 4 aromatic carbocycles. The van der Waals surface area contributed by atoms with Crippen LogP contribution in [0.3, 0.4) is 0 Å². The molecule has 8 rings (SSSR count). The van der Waals surface area contributed by atoms with Crippen LogP contribution in [-0.2, 0) is 11.3 Å². The molecular weight excluding hydrogens is 622 g/mol. The molecule has 3 N–H and O–H groups in total. The maximum Gasteiger partial charge on any atom is 0.259 e. The highest BCUT2D eigenvalue weighted by Crippen LogP contribution is 2.27. The molecule has 0 spiro atoms. The van der Waals surface area contributed by atoms with E-state index in [4.69, 9.17) is 9.47 Å². The van der Waals surface area contributed by atoms with E-state index in [1.54, 1.807) is 48.5 Å². The fourth-order valence-electron chi connectivity index (χ4n) is 5.89. The molecule has 2 atom stereocenters. The standard InChI is InChI=1S/C36H28F2N4O6/c37-28-12-9-22-14-26(28)35(45)41-30-17-42(36(46)27-16-40-33-25(34(27)44)5-2-6-29(33)38)18-31(30)48-23-10-7-20(8-11-23)15-39-32(43)19-47-24-4-1-3-21(22)13-24/h1-14,16,30-31H,15,17-19H2,(H,39,43)(H,40,44)(H,41,45)/t30-,31-/m0/s1. The van der Waals surface area contributed by atoms with Gasteiger partial charge < -0.3 is 30.0 Å². The third-order valence-electron chi connectivity index (χ3n) is 8.41. The molecule has 12 heteroatoms. The van der Waals surface area contributed by atoms with Crippen molar-refractivity contribution in [3.8, 4) is 22.6 Å². The topological polar surface area (TPSA) is 130 Å². The first kappa shape index (κ1) is 30.6. The van der Waals surface area contributed by atoms with E-state index in [0.717, 1.165) is 5.56 Å². The molecule has 48 heavy (non-hydrogen) atoms. The van der Waals surface area contributed by atoms with Crippen LogP contribution in [0.15, 0.2) is 95.9 Å². The molecule has 1 fully saturated rings. The predicted octanol–water partition coefficient (Wildman–Crippen LogP) is 4.18. The fraction of sp³-hybridized carbons (Fsp3) is 0.167. The lowest BCUT2D eigenvalue weighted by atomic mass is 10.0. The van der Waals surface area contributed by atoms with Crippen LogP contribution in [0.5, 0.6) is 11.5 Å². The maximum absolute atomic E-state index is 15.1. The molecule has 1 aromatic heterocycles. The SMILES string of the molecule is O=C1COc2cccc(c2)-c2ccc(F)c(c2)C(=O)N[C@H]2CN(C(=O)c3c[nH]c4c(F)cccc4c3=O)C[C@@H]2Oc2ccc(cc2)CN1. The summed E-state index contributed by atoms with van der Waals surface area (Å²) in [5, 5.41) is 5.67. The summed E-state index contributed by atoms with van der Waals surface area (Å²) in [6.07, 6.45) is 0.388. The van der Waals surface area contributed by atoms with Crippen molar-refractivity contribution >= 4 is 28.6 Å². The van der Waals surface area contributed by atoms with Gasteiger partial charge in [0, 0.05) is 24.7 Å². The Labute approximate surface area is 272 Å². The predicted molar refractivity (Wildman–Crippen MR) is 172 cm³/mol. The van der Waals surface area contributed by atoms with Crippen LogP contribution in [0.1, 0.15) is 26.3 Å². The lowest BCUT2D eigenvalue weighted by Crippen LogP contribution is -2.45. The number of fused-ring (bicyclic) bond motifs is 8. The second-order valence-corrected chi connectivity index (χ2v) is 11.6. The first-order chi connectivity index (χ1) is 23.2. The molecular formula is C36H28F2N4O6. The molecule has 1 saturated heterocycles. The van der Waals surface area contributed by atoms with Gasteiger partial charge in [0.15, 0.2) is 6.61 Å². The summed E-state index contributed by atoms with van der Waals surface area (Å²) in [6, 6.07) is 21.1. The molecule has 3 aliphatic rings. The number of halogens is 2. The van der Waals surface area contributed by atoms with Crippen molar-refractivity contribution in [2.75, 3.05) is 19.7 Å². The van der Waals surface area contributed by atoms with E-state index in [0.29, 0.717) is 22.6 Å². The number of aromatic amines is 1. The minimum atomic E-state index is -0.803. The Morgan fingerprint density at radius 1 is 0.833 bits per heavy atom. The molecule has 3 amide bonds. The average molecular weight is 651 g/mol. The molecule has 3 aliphatic heterocycles. The number of carbonyl (C=O) groups is 3. The van der Waals surface area contributed by atoms with Crippen LogP contribution in [0.25, 0.3) is 22.0 Å². The number of para-hydroxylation sites is 1. The Balaban J connectivity index is 1.23. The minimum absolute atomic E-state index is 0.0139. The number of rotatable bonds is 1. The number of amides is 3. The number of aromatic nitrogens is 1. The van der Waals surface area contributed by atoms with E-state index in [9.17, 15) is 23.6 Å². The van der Waals surface area contributed by atoms with Crippen LogP contribution in [-0.4, -0.2) is 59.4 Å². The smallest absolute Gasteiger partial charge is 0.259 e. The van der Waals surface area contributed by atoms with Gasteiger partial charge in [-0.3, -0.25) is 19.2 Å². The third-order valence-corrected chi connectivity index (χ3v) is 8.41. The minimum Gasteiger partial charge on any atom is -0.486 e. The van der Waals surface area contributed by atoms with Crippen molar-refractivity contribution in [3.05, 3.63) is 130 Å². The van der Waals surface area contributed by atoms with Crippen molar-refractivity contribution in [1.82, 2.24) is 20.5 Å². The van der Waals surface area contributed by atoms with E-state index < -0.39 is 41.0 Å². The number of carbonyl (C=O) groups excluding carboxylic acids is 3. The monoisotopic (exact) mass is 650 g/mol. The van der Waals surface area contributed by atoms with E-state index >= 15 is 4.39 Å². The van der Waals surface area contributed by atoms with E-state index in [1.807, 2.05) is 0 Å². The van der Waals surface area contributed by atoms with Gasteiger partial charge in [-0.25, -0.2) is 8.78 Å². The lowest BCUT2D eigenvalue weighted by Gasteiger charge is -2.21. The highest BCUT2D eigenvalue weighted by Gasteiger charge is 2.39. The third kappa shape index (κ3) is 6.07. The molecule has 0 unspecified atom stereocenters. The van der Waals surface area contributed by atoms with E-state index in [2.05, 4.69) is 15.6 Å². The average Bonchev–Trinajstić information content (AvgIpc) is 3.48. The number of ether oxygens (including phenoxy) is 2. The number of nitrogens with one attached hydrogen (secondary N) is 3. The number of hydrogen-bond acceptors (Lipinski definition) is 6. The van der Waals surface area contributed by atoms with Crippen LogP contribution >= 0.6 is 0 Å². The molecule has 10 nitrogen and oxygen atoms in total.